The van der Waals surface area contributed by atoms with Crippen LogP contribution < -0.4 is 0 Å². The van der Waals surface area contributed by atoms with Gasteiger partial charge in [0.25, 0.3) is 0 Å². The van der Waals surface area contributed by atoms with Crippen molar-refractivity contribution >= 4 is 0 Å². The van der Waals surface area contributed by atoms with E-state index >= 15 is 0 Å². The lowest BCUT2D eigenvalue weighted by Gasteiger charge is -2.40. The number of hydrogen-bond donors (Lipinski definition) is 1. The highest BCUT2D eigenvalue weighted by molar-refractivity contribution is 5.24. The van der Waals surface area contributed by atoms with Crippen LogP contribution in [0.3, 0.4) is 0 Å². The van der Waals surface area contributed by atoms with Gasteiger partial charge in [0, 0.05) is 45.9 Å². The summed E-state index contributed by atoms with van der Waals surface area (Å²) in [6.07, 6.45) is 0.688. The highest BCUT2D eigenvalue weighted by Gasteiger charge is 2.24. The van der Waals surface area contributed by atoms with Gasteiger partial charge in [-0.15, -0.1) is 0 Å². The minimum absolute atomic E-state index is 0.407. The molecule has 1 aliphatic heterocycles. The van der Waals surface area contributed by atoms with Gasteiger partial charge in [0.2, 0.25) is 0 Å². The zero-order valence-corrected chi connectivity index (χ0v) is 15.7. The quantitative estimate of drug-likeness (QED) is 0.793. The van der Waals surface area contributed by atoms with E-state index in [9.17, 15) is 5.11 Å². The number of methoxy groups -OCH3 is 1. The first kappa shape index (κ1) is 19.4. The maximum absolute atomic E-state index is 10.6. The summed E-state index contributed by atoms with van der Waals surface area (Å²) in [4.78, 5) is 4.84. The molecule has 2 atom stereocenters. The Morgan fingerprint density at radius 3 is 2.50 bits per heavy atom. The molecule has 4 heteroatoms. The van der Waals surface area contributed by atoms with Crippen molar-refractivity contribution < 1.29 is 9.84 Å². The average Bonchev–Trinajstić information content (AvgIpc) is 2.54. The third-order valence-electron chi connectivity index (χ3n) is 4.87. The molecule has 0 bridgehead atoms. The number of aliphatic hydroxyl groups excluding tert-OH is 1. The SMILES string of the molecule is COCCN1CCN(C[C@@H](O)c2ccc(CC(C)C)cc2)C[C@H]1C. The lowest BCUT2D eigenvalue weighted by atomic mass is 10.00. The Morgan fingerprint density at radius 1 is 1.21 bits per heavy atom. The highest BCUT2D eigenvalue weighted by Crippen LogP contribution is 2.19. The van der Waals surface area contributed by atoms with Gasteiger partial charge < -0.3 is 9.84 Å². The number of piperazine rings is 1. The second-order valence-electron chi connectivity index (χ2n) is 7.49. The molecule has 24 heavy (non-hydrogen) atoms. The summed E-state index contributed by atoms with van der Waals surface area (Å²) >= 11 is 0. The molecule has 136 valence electrons. The van der Waals surface area contributed by atoms with E-state index in [1.165, 1.54) is 5.56 Å². The molecule has 4 nitrogen and oxygen atoms in total. The van der Waals surface area contributed by atoms with Gasteiger partial charge in [-0.05, 0) is 30.4 Å². The van der Waals surface area contributed by atoms with Crippen molar-refractivity contribution in [3.8, 4) is 0 Å². The van der Waals surface area contributed by atoms with Crippen molar-refractivity contribution in [1.29, 1.82) is 0 Å². The van der Waals surface area contributed by atoms with Crippen molar-refractivity contribution in [2.45, 2.75) is 39.3 Å². The first-order chi connectivity index (χ1) is 11.5. The van der Waals surface area contributed by atoms with Crippen molar-refractivity contribution in [1.82, 2.24) is 9.80 Å². The molecule has 1 N–H and O–H groups in total. The molecule has 0 spiro atoms. The standard InChI is InChI=1S/C20H34N2O2/c1-16(2)13-18-5-7-19(8-6-18)20(23)15-21-9-10-22(11-12-24-4)17(3)14-21/h5-8,16-17,20,23H,9-15H2,1-4H3/t17-,20-/m1/s1. The summed E-state index contributed by atoms with van der Waals surface area (Å²) in [6.45, 7) is 12.3. The second kappa shape index (κ2) is 9.52. The maximum Gasteiger partial charge on any atom is 0.0916 e. The molecular weight excluding hydrogens is 300 g/mol. The topological polar surface area (TPSA) is 35.9 Å². The summed E-state index contributed by atoms with van der Waals surface area (Å²) in [5.41, 5.74) is 2.37. The predicted octanol–water partition coefficient (Wildman–Crippen LogP) is 2.57. The van der Waals surface area contributed by atoms with Gasteiger partial charge in [0.1, 0.15) is 0 Å². The monoisotopic (exact) mass is 334 g/mol. The largest absolute Gasteiger partial charge is 0.387 e. The molecule has 1 aliphatic rings. The Morgan fingerprint density at radius 2 is 1.92 bits per heavy atom. The van der Waals surface area contributed by atoms with E-state index in [1.807, 2.05) is 0 Å². The van der Waals surface area contributed by atoms with Gasteiger partial charge >= 0.3 is 0 Å². The number of benzene rings is 1. The fourth-order valence-corrected chi connectivity index (χ4v) is 3.47. The smallest absolute Gasteiger partial charge is 0.0916 e. The van der Waals surface area contributed by atoms with E-state index in [-0.39, 0.29) is 0 Å². The van der Waals surface area contributed by atoms with Gasteiger partial charge in [-0.25, -0.2) is 0 Å². The maximum atomic E-state index is 10.6. The van der Waals surface area contributed by atoms with Crippen LogP contribution in [0.1, 0.15) is 38.0 Å². The number of ether oxygens (including phenoxy) is 1. The third kappa shape index (κ3) is 5.85. The highest BCUT2D eigenvalue weighted by atomic mass is 16.5. The number of rotatable bonds is 8. The second-order valence-corrected chi connectivity index (χ2v) is 7.49. The Hall–Kier alpha value is -0.940. The summed E-state index contributed by atoms with van der Waals surface area (Å²) in [7, 11) is 1.75. The first-order valence-corrected chi connectivity index (χ1v) is 9.21. The third-order valence-corrected chi connectivity index (χ3v) is 4.87. The number of β-amino-alcohol motifs (C(OH)–C–C–N with tert-alkyl or cyclic N) is 1. The summed E-state index contributed by atoms with van der Waals surface area (Å²) in [6, 6.07) is 8.99. The fraction of sp³-hybridized carbons (Fsp3) is 0.700. The average molecular weight is 335 g/mol. The van der Waals surface area contributed by atoms with Crippen molar-refractivity contribution in [2.24, 2.45) is 5.92 Å². The molecule has 1 heterocycles. The molecule has 1 saturated heterocycles. The predicted molar refractivity (Wildman–Crippen MR) is 99.3 cm³/mol. The van der Waals surface area contributed by atoms with Crippen LogP contribution in [-0.2, 0) is 11.2 Å². The Kier molecular flexibility index (Phi) is 7.69. The molecule has 0 saturated carbocycles. The minimum Gasteiger partial charge on any atom is -0.387 e. The van der Waals surface area contributed by atoms with Crippen molar-refractivity contribution in [3.63, 3.8) is 0 Å². The van der Waals surface area contributed by atoms with Crippen LogP contribution in [-0.4, -0.2) is 67.4 Å². The Labute approximate surface area is 147 Å². The zero-order chi connectivity index (χ0) is 17.5. The number of nitrogens with zero attached hydrogens (tertiary/aromatic N) is 2. The van der Waals surface area contributed by atoms with Crippen LogP contribution in [0.15, 0.2) is 24.3 Å². The lowest BCUT2D eigenvalue weighted by molar-refractivity contribution is 0.0330. The summed E-state index contributed by atoms with van der Waals surface area (Å²) in [5, 5.41) is 10.6. The van der Waals surface area contributed by atoms with Crippen LogP contribution in [0, 0.1) is 5.92 Å². The van der Waals surface area contributed by atoms with Crippen molar-refractivity contribution in [3.05, 3.63) is 35.4 Å². The molecule has 0 unspecified atom stereocenters. The minimum atomic E-state index is -0.407. The normalized spacial score (nSPS) is 21.3. The summed E-state index contributed by atoms with van der Waals surface area (Å²) in [5.74, 6) is 0.664. The van der Waals surface area contributed by atoms with Crippen LogP contribution in [0.5, 0.6) is 0 Å². The van der Waals surface area contributed by atoms with E-state index < -0.39 is 6.10 Å². The van der Waals surface area contributed by atoms with Gasteiger partial charge in [0.15, 0.2) is 0 Å². The molecule has 0 aromatic heterocycles. The van der Waals surface area contributed by atoms with Crippen LogP contribution in [0.4, 0.5) is 0 Å². The molecule has 1 aromatic rings. The van der Waals surface area contributed by atoms with E-state index in [2.05, 4.69) is 54.8 Å². The van der Waals surface area contributed by atoms with E-state index in [4.69, 9.17) is 4.74 Å². The van der Waals surface area contributed by atoms with Gasteiger partial charge in [-0.2, -0.15) is 0 Å². The fourth-order valence-electron chi connectivity index (χ4n) is 3.47. The Balaban J connectivity index is 1.83. The molecular formula is C20H34N2O2. The molecule has 0 radical (unpaired) electrons. The van der Waals surface area contributed by atoms with Gasteiger partial charge in [-0.1, -0.05) is 38.1 Å². The lowest BCUT2D eigenvalue weighted by Crippen LogP contribution is -2.53. The van der Waals surface area contributed by atoms with E-state index in [1.54, 1.807) is 7.11 Å². The molecule has 1 aromatic carbocycles. The number of hydrogen-bond acceptors (Lipinski definition) is 4. The Bertz CT molecular complexity index is 475. The molecule has 0 aliphatic carbocycles. The first-order valence-electron chi connectivity index (χ1n) is 9.21. The van der Waals surface area contributed by atoms with Crippen LogP contribution in [0.25, 0.3) is 0 Å². The molecule has 0 amide bonds. The molecule has 2 rings (SSSR count). The van der Waals surface area contributed by atoms with Crippen molar-refractivity contribution in [2.75, 3.05) is 46.4 Å². The van der Waals surface area contributed by atoms with Crippen LogP contribution in [0.2, 0.25) is 0 Å². The zero-order valence-electron chi connectivity index (χ0n) is 15.7. The molecule has 1 fully saturated rings. The van der Waals surface area contributed by atoms with E-state index in [0.29, 0.717) is 18.5 Å². The van der Waals surface area contributed by atoms with Gasteiger partial charge in [0.05, 0.1) is 12.7 Å². The number of aliphatic hydroxyl groups is 1. The summed E-state index contributed by atoms with van der Waals surface area (Å²) < 4.78 is 5.18. The van der Waals surface area contributed by atoms with E-state index in [0.717, 1.165) is 44.8 Å². The van der Waals surface area contributed by atoms with Crippen LogP contribution >= 0.6 is 0 Å². The van der Waals surface area contributed by atoms with Gasteiger partial charge in [-0.3, -0.25) is 9.80 Å².